The fourth-order valence-electron chi connectivity index (χ4n) is 4.07. The van der Waals surface area contributed by atoms with Crippen LogP contribution in [-0.4, -0.2) is 19.1 Å². The van der Waals surface area contributed by atoms with Gasteiger partial charge >= 0.3 is 0 Å². The van der Waals surface area contributed by atoms with Gasteiger partial charge in [0.15, 0.2) is 0 Å². The van der Waals surface area contributed by atoms with E-state index in [1.165, 1.54) is 29.5 Å². The third-order valence-corrected chi connectivity index (χ3v) is 9.29. The summed E-state index contributed by atoms with van der Waals surface area (Å²) < 4.78 is 4.33. The summed E-state index contributed by atoms with van der Waals surface area (Å²) in [5.41, 5.74) is 1.99. The largest absolute Gasteiger partial charge is 0.292 e. The van der Waals surface area contributed by atoms with E-state index in [2.05, 4.69) is 92.2 Å². The van der Waals surface area contributed by atoms with Crippen LogP contribution in [0.3, 0.4) is 0 Å². The highest BCUT2D eigenvalue weighted by molar-refractivity contribution is 7.27. The molecule has 0 saturated carbocycles. The second kappa shape index (κ2) is 7.52. The topological polar surface area (TPSA) is 35.6 Å². The van der Waals surface area contributed by atoms with Crippen molar-refractivity contribution in [2.24, 2.45) is 0 Å². The molecule has 0 bridgehead atoms. The molecule has 0 aliphatic rings. The van der Waals surface area contributed by atoms with Crippen molar-refractivity contribution in [1.29, 1.82) is 0 Å². The minimum absolute atomic E-state index is 0.996. The highest BCUT2D eigenvalue weighted by Gasteiger charge is 2.13. The lowest BCUT2D eigenvalue weighted by Crippen LogP contribution is -1.89. The number of thiophene rings is 3. The van der Waals surface area contributed by atoms with Crippen LogP contribution >= 0.6 is 34.0 Å². The Kier molecular flexibility index (Phi) is 4.33. The molecule has 0 spiro atoms. The van der Waals surface area contributed by atoms with E-state index in [0.29, 0.717) is 0 Å². The van der Waals surface area contributed by atoms with E-state index >= 15 is 0 Å². The van der Waals surface area contributed by atoms with Crippen molar-refractivity contribution in [1.82, 2.24) is 19.1 Å². The van der Waals surface area contributed by atoms with Crippen LogP contribution in [0.4, 0.5) is 0 Å². The molecule has 158 valence electrons. The number of hydrogen-bond donors (Lipinski definition) is 0. The maximum atomic E-state index is 4.55. The summed E-state index contributed by atoms with van der Waals surface area (Å²) in [7, 11) is 0. The molecule has 0 fully saturated rings. The first kappa shape index (κ1) is 19.0. The molecular formula is C26H16N4S3. The predicted octanol–water partition coefficient (Wildman–Crippen LogP) is 7.88. The van der Waals surface area contributed by atoms with Crippen LogP contribution in [0.5, 0.6) is 0 Å². The van der Waals surface area contributed by atoms with Crippen LogP contribution < -0.4 is 0 Å². The number of fused-ring (bicyclic) bond motifs is 2. The van der Waals surface area contributed by atoms with Gasteiger partial charge in [-0.05, 0) is 72.8 Å². The molecule has 0 amide bonds. The fraction of sp³-hybridized carbons (Fsp3) is 0. The van der Waals surface area contributed by atoms with Gasteiger partial charge < -0.3 is 0 Å². The summed E-state index contributed by atoms with van der Waals surface area (Å²) in [5.74, 6) is 0. The van der Waals surface area contributed by atoms with Crippen LogP contribution in [0.1, 0.15) is 0 Å². The average molecular weight is 481 g/mol. The Morgan fingerprint density at radius 2 is 0.939 bits per heavy atom. The summed E-state index contributed by atoms with van der Waals surface area (Å²) in [6.07, 6.45) is 7.89. The summed E-state index contributed by atoms with van der Waals surface area (Å²) in [6, 6.07) is 25.6. The Labute approximate surface area is 201 Å². The predicted molar refractivity (Wildman–Crippen MR) is 140 cm³/mol. The maximum Gasteiger partial charge on any atom is 0.145 e. The van der Waals surface area contributed by atoms with Gasteiger partial charge in [-0.1, -0.05) is 0 Å². The van der Waals surface area contributed by atoms with Gasteiger partial charge in [-0.2, -0.15) is 0 Å². The molecule has 7 heteroatoms. The molecule has 4 nitrogen and oxygen atoms in total. The van der Waals surface area contributed by atoms with Crippen LogP contribution in [-0.2, 0) is 0 Å². The zero-order valence-electron chi connectivity index (χ0n) is 17.3. The van der Waals surface area contributed by atoms with Gasteiger partial charge in [0.2, 0.25) is 0 Å². The lowest BCUT2D eigenvalue weighted by atomic mass is 10.3. The summed E-state index contributed by atoms with van der Waals surface area (Å²) >= 11 is 5.43. The monoisotopic (exact) mass is 480 g/mol. The Hall–Kier alpha value is -3.52. The molecule has 0 unspecified atom stereocenters. The van der Waals surface area contributed by atoms with Gasteiger partial charge in [-0.3, -0.25) is 9.13 Å². The van der Waals surface area contributed by atoms with Gasteiger partial charge in [-0.25, -0.2) is 9.97 Å². The van der Waals surface area contributed by atoms with E-state index in [-0.39, 0.29) is 0 Å². The standard InChI is InChI=1S/C26H16N4S3/c1-3-17-11-15-29(25(17)27-13-1)23-9-7-21(32-23)19-5-6-20(31-19)22-8-10-24(33-22)30-16-12-18-4-2-14-28-26(18)30/h1-16H. The highest BCUT2D eigenvalue weighted by atomic mass is 32.1. The first-order valence-electron chi connectivity index (χ1n) is 10.5. The Balaban J connectivity index is 1.20. The van der Waals surface area contributed by atoms with E-state index in [1.54, 1.807) is 22.7 Å². The first-order valence-corrected chi connectivity index (χ1v) is 12.9. The van der Waals surface area contributed by atoms with Gasteiger partial charge in [0.1, 0.15) is 21.3 Å². The van der Waals surface area contributed by atoms with Crippen LogP contribution in [0, 0.1) is 0 Å². The third kappa shape index (κ3) is 3.16. The van der Waals surface area contributed by atoms with Crippen molar-refractivity contribution in [3.63, 3.8) is 0 Å². The number of nitrogens with zero attached hydrogens (tertiary/aromatic N) is 4. The van der Waals surface area contributed by atoms with Crippen molar-refractivity contribution in [2.75, 3.05) is 0 Å². The smallest absolute Gasteiger partial charge is 0.145 e. The van der Waals surface area contributed by atoms with Crippen molar-refractivity contribution in [2.45, 2.75) is 0 Å². The van der Waals surface area contributed by atoms with Gasteiger partial charge in [0, 0.05) is 55.1 Å². The Morgan fingerprint density at radius 3 is 1.45 bits per heavy atom. The van der Waals surface area contributed by atoms with Crippen LogP contribution in [0.25, 0.3) is 51.6 Å². The van der Waals surface area contributed by atoms with Crippen LogP contribution in [0.2, 0.25) is 0 Å². The molecule has 0 saturated heterocycles. The molecular weight excluding hydrogens is 465 g/mol. The number of hydrogen-bond acceptors (Lipinski definition) is 5. The van der Waals surface area contributed by atoms with Crippen molar-refractivity contribution >= 4 is 56.1 Å². The molecule has 0 aliphatic heterocycles. The summed E-state index contributed by atoms with van der Waals surface area (Å²) in [4.78, 5) is 14.2. The number of aromatic nitrogens is 4. The minimum Gasteiger partial charge on any atom is -0.292 e. The first-order chi connectivity index (χ1) is 16.3. The zero-order chi connectivity index (χ0) is 21.8. The van der Waals surface area contributed by atoms with E-state index in [1.807, 2.05) is 35.9 Å². The molecule has 0 atom stereocenters. The summed E-state index contributed by atoms with van der Waals surface area (Å²) in [5, 5.41) is 4.67. The number of pyridine rings is 2. The second-order valence-electron chi connectivity index (χ2n) is 7.64. The molecule has 7 aromatic heterocycles. The van der Waals surface area contributed by atoms with Crippen molar-refractivity contribution in [3.8, 4) is 29.5 Å². The van der Waals surface area contributed by atoms with Crippen molar-refractivity contribution in [3.05, 3.63) is 97.6 Å². The average Bonchev–Trinajstić information content (AvgIpc) is 3.65. The fourth-order valence-corrected chi connectivity index (χ4v) is 7.24. The normalized spacial score (nSPS) is 11.6. The Bertz CT molecular complexity index is 1620. The molecule has 33 heavy (non-hydrogen) atoms. The molecule has 7 aromatic rings. The van der Waals surface area contributed by atoms with Gasteiger partial charge in [0.25, 0.3) is 0 Å². The quantitative estimate of drug-likeness (QED) is 0.257. The van der Waals surface area contributed by atoms with Crippen LogP contribution in [0.15, 0.2) is 97.6 Å². The lowest BCUT2D eigenvalue weighted by molar-refractivity contribution is 1.12. The van der Waals surface area contributed by atoms with E-state index in [0.717, 1.165) is 22.1 Å². The molecule has 0 aromatic carbocycles. The zero-order valence-corrected chi connectivity index (χ0v) is 19.7. The van der Waals surface area contributed by atoms with Crippen molar-refractivity contribution < 1.29 is 0 Å². The maximum absolute atomic E-state index is 4.55. The Morgan fingerprint density at radius 1 is 0.485 bits per heavy atom. The van der Waals surface area contributed by atoms with Gasteiger partial charge in [0.05, 0.1) is 0 Å². The molecule has 0 aliphatic carbocycles. The molecule has 7 heterocycles. The minimum atomic E-state index is 0.996. The second-order valence-corrected chi connectivity index (χ2v) is 10.9. The number of rotatable bonds is 4. The molecule has 7 rings (SSSR count). The third-order valence-electron chi connectivity index (χ3n) is 5.65. The molecule has 0 radical (unpaired) electrons. The highest BCUT2D eigenvalue weighted by Crippen LogP contribution is 2.41. The molecule has 0 N–H and O–H groups in total. The SMILES string of the molecule is c1cnc2c(c1)ccn2-c1ccc(-c2ccc(-c3ccc(-n4ccc5cccnc54)s3)s2)s1. The van der Waals surface area contributed by atoms with E-state index < -0.39 is 0 Å². The van der Waals surface area contributed by atoms with Gasteiger partial charge in [-0.15, -0.1) is 34.0 Å². The lowest BCUT2D eigenvalue weighted by Gasteiger charge is -2.00. The summed E-state index contributed by atoms with van der Waals surface area (Å²) in [6.45, 7) is 0. The van der Waals surface area contributed by atoms with E-state index in [9.17, 15) is 0 Å². The van der Waals surface area contributed by atoms with E-state index in [4.69, 9.17) is 0 Å².